The van der Waals surface area contributed by atoms with Gasteiger partial charge in [0.1, 0.15) is 10.1 Å². The van der Waals surface area contributed by atoms with E-state index in [4.69, 9.17) is 12.2 Å². The van der Waals surface area contributed by atoms with Crippen LogP contribution in [0.25, 0.3) is 0 Å². The van der Waals surface area contributed by atoms with E-state index in [0.717, 1.165) is 5.82 Å². The molecule has 0 spiro atoms. The third kappa shape index (κ3) is 2.33. The minimum atomic E-state index is 0.429. The number of rotatable bonds is 1. The van der Waals surface area contributed by atoms with Crippen molar-refractivity contribution in [2.24, 2.45) is 0 Å². The van der Waals surface area contributed by atoms with Gasteiger partial charge >= 0.3 is 0 Å². The fourth-order valence-electron chi connectivity index (χ4n) is 0.546. The normalized spacial score (nSPS) is 8.90. The van der Waals surface area contributed by atoms with Gasteiger partial charge in [0.25, 0.3) is 0 Å². The van der Waals surface area contributed by atoms with Gasteiger partial charge in [-0.2, -0.15) is 0 Å². The van der Waals surface area contributed by atoms with Crippen LogP contribution in [-0.4, -0.2) is 9.30 Å². The Morgan fingerprint density at radius 3 is 2.90 bits per heavy atom. The summed E-state index contributed by atoms with van der Waals surface area (Å²) in [5, 5.41) is 2.79. The zero-order valence-electron chi connectivity index (χ0n) is 5.11. The van der Waals surface area contributed by atoms with E-state index in [9.17, 15) is 0 Å². The fourth-order valence-corrected chi connectivity index (χ4v) is 0.765. The average molecular weight is 170 g/mol. The van der Waals surface area contributed by atoms with E-state index in [2.05, 4.69) is 22.9 Å². The molecular formula is C6H6N2S2. The third-order valence-corrected chi connectivity index (χ3v) is 1.11. The van der Waals surface area contributed by atoms with E-state index in [1.807, 2.05) is 18.2 Å². The molecule has 0 amide bonds. The van der Waals surface area contributed by atoms with Gasteiger partial charge in [0.2, 0.25) is 0 Å². The molecule has 0 saturated carbocycles. The van der Waals surface area contributed by atoms with Gasteiger partial charge in [-0.3, -0.25) is 0 Å². The second-order valence-electron chi connectivity index (χ2n) is 1.65. The quantitative estimate of drug-likeness (QED) is 0.496. The molecule has 0 aliphatic rings. The lowest BCUT2D eigenvalue weighted by Gasteiger charge is -1.98. The maximum Gasteiger partial charge on any atom is 0.136 e. The molecule has 10 heavy (non-hydrogen) atoms. The van der Waals surface area contributed by atoms with Gasteiger partial charge < -0.3 is 5.32 Å². The molecular weight excluding hydrogens is 164 g/mol. The van der Waals surface area contributed by atoms with Crippen molar-refractivity contribution >= 4 is 35.0 Å². The van der Waals surface area contributed by atoms with E-state index in [1.165, 1.54) is 0 Å². The number of thiocarbonyl (C=S) groups is 1. The summed E-state index contributed by atoms with van der Waals surface area (Å²) >= 11 is 8.58. The predicted octanol–water partition coefficient (Wildman–Crippen LogP) is 1.71. The van der Waals surface area contributed by atoms with Gasteiger partial charge in [-0.25, -0.2) is 4.98 Å². The molecule has 0 radical (unpaired) electrons. The van der Waals surface area contributed by atoms with Crippen LogP contribution in [0.1, 0.15) is 0 Å². The number of thiol groups is 1. The molecule has 52 valence electrons. The van der Waals surface area contributed by atoms with Crippen molar-refractivity contribution in [3.63, 3.8) is 0 Å². The highest BCUT2D eigenvalue weighted by Gasteiger charge is 1.89. The second kappa shape index (κ2) is 3.53. The van der Waals surface area contributed by atoms with E-state index >= 15 is 0 Å². The Hall–Kier alpha value is -0.610. The molecule has 0 atom stereocenters. The molecule has 0 aliphatic heterocycles. The molecule has 0 aliphatic carbocycles. The Labute approximate surface area is 70.1 Å². The van der Waals surface area contributed by atoms with Crippen LogP contribution in [0.3, 0.4) is 0 Å². The number of nitrogens with one attached hydrogen (secondary N) is 1. The SMILES string of the molecule is S=C(S)Nc1ccccn1. The number of nitrogens with zero attached hydrogens (tertiary/aromatic N) is 1. The van der Waals surface area contributed by atoms with Gasteiger partial charge in [0.15, 0.2) is 0 Å². The number of anilines is 1. The first-order valence-electron chi connectivity index (χ1n) is 2.70. The Morgan fingerprint density at radius 2 is 2.40 bits per heavy atom. The largest absolute Gasteiger partial charge is 0.326 e. The van der Waals surface area contributed by atoms with Crippen LogP contribution >= 0.6 is 24.8 Å². The van der Waals surface area contributed by atoms with Gasteiger partial charge in [-0.15, -0.1) is 12.6 Å². The molecule has 0 unspecified atom stereocenters. The fraction of sp³-hybridized carbons (Fsp3) is 0. The van der Waals surface area contributed by atoms with Gasteiger partial charge in [0, 0.05) is 6.20 Å². The summed E-state index contributed by atoms with van der Waals surface area (Å²) in [6.45, 7) is 0. The van der Waals surface area contributed by atoms with Crippen LogP contribution in [0.5, 0.6) is 0 Å². The van der Waals surface area contributed by atoms with Crippen molar-refractivity contribution in [2.45, 2.75) is 0 Å². The van der Waals surface area contributed by atoms with E-state index in [0.29, 0.717) is 4.32 Å². The lowest BCUT2D eigenvalue weighted by Crippen LogP contribution is -2.01. The monoisotopic (exact) mass is 170 g/mol. The molecule has 1 aromatic heterocycles. The van der Waals surface area contributed by atoms with E-state index in [-0.39, 0.29) is 0 Å². The maximum absolute atomic E-state index is 4.69. The van der Waals surface area contributed by atoms with Crippen molar-refractivity contribution < 1.29 is 0 Å². The van der Waals surface area contributed by atoms with Gasteiger partial charge in [0.05, 0.1) is 0 Å². The van der Waals surface area contributed by atoms with Crippen molar-refractivity contribution in [1.29, 1.82) is 0 Å². The first-order valence-corrected chi connectivity index (χ1v) is 3.55. The van der Waals surface area contributed by atoms with Crippen LogP contribution in [0.4, 0.5) is 5.82 Å². The Balaban J connectivity index is 2.67. The summed E-state index contributed by atoms with van der Waals surface area (Å²) in [5.74, 6) is 0.725. The summed E-state index contributed by atoms with van der Waals surface area (Å²) in [4.78, 5) is 3.97. The highest BCUT2D eigenvalue weighted by Crippen LogP contribution is 2.00. The van der Waals surface area contributed by atoms with E-state index in [1.54, 1.807) is 6.20 Å². The van der Waals surface area contributed by atoms with Crippen LogP contribution in [0.2, 0.25) is 0 Å². The average Bonchev–Trinajstić information content (AvgIpc) is 1.88. The molecule has 2 nitrogen and oxygen atoms in total. The molecule has 1 N–H and O–H groups in total. The highest BCUT2D eigenvalue weighted by molar-refractivity contribution is 8.11. The predicted molar refractivity (Wildman–Crippen MR) is 49.4 cm³/mol. The standard InChI is InChI=1S/C6H6N2S2/c9-6(10)8-5-3-1-2-4-7-5/h1-4H,(H2,7,8,9,10). The molecule has 0 bridgehead atoms. The Morgan fingerprint density at radius 1 is 1.60 bits per heavy atom. The minimum absolute atomic E-state index is 0.429. The maximum atomic E-state index is 4.69. The number of hydrogen-bond donors (Lipinski definition) is 2. The molecule has 1 rings (SSSR count). The minimum Gasteiger partial charge on any atom is -0.326 e. The molecule has 1 heterocycles. The molecule has 1 aromatic rings. The summed E-state index contributed by atoms with van der Waals surface area (Å²) in [5.41, 5.74) is 0. The smallest absolute Gasteiger partial charge is 0.136 e. The van der Waals surface area contributed by atoms with Crippen LogP contribution in [0.15, 0.2) is 24.4 Å². The van der Waals surface area contributed by atoms with Crippen LogP contribution in [0, 0.1) is 0 Å². The molecule has 0 saturated heterocycles. The summed E-state index contributed by atoms with van der Waals surface area (Å²) < 4.78 is 0.429. The van der Waals surface area contributed by atoms with Crippen LogP contribution in [-0.2, 0) is 0 Å². The number of hydrogen-bond acceptors (Lipinski definition) is 2. The second-order valence-corrected chi connectivity index (χ2v) is 2.80. The summed E-state index contributed by atoms with van der Waals surface area (Å²) in [7, 11) is 0. The lowest BCUT2D eigenvalue weighted by atomic mass is 10.5. The highest BCUT2D eigenvalue weighted by atomic mass is 32.1. The first-order chi connectivity index (χ1) is 4.79. The van der Waals surface area contributed by atoms with Crippen molar-refractivity contribution in [3.8, 4) is 0 Å². The Bertz CT molecular complexity index is 222. The summed E-state index contributed by atoms with van der Waals surface area (Å²) in [6, 6.07) is 5.54. The summed E-state index contributed by atoms with van der Waals surface area (Å²) in [6.07, 6.45) is 1.69. The zero-order chi connectivity index (χ0) is 7.40. The number of aromatic nitrogens is 1. The van der Waals surface area contributed by atoms with Crippen molar-refractivity contribution in [1.82, 2.24) is 4.98 Å². The van der Waals surface area contributed by atoms with Gasteiger partial charge in [-0.05, 0) is 12.1 Å². The molecule has 0 aromatic carbocycles. The lowest BCUT2D eigenvalue weighted by molar-refractivity contribution is 1.33. The van der Waals surface area contributed by atoms with Crippen molar-refractivity contribution in [3.05, 3.63) is 24.4 Å². The molecule has 4 heteroatoms. The zero-order valence-corrected chi connectivity index (χ0v) is 6.82. The van der Waals surface area contributed by atoms with Crippen LogP contribution < -0.4 is 5.32 Å². The Kier molecular flexibility index (Phi) is 2.65. The number of pyridine rings is 1. The topological polar surface area (TPSA) is 24.9 Å². The first kappa shape index (κ1) is 7.50. The third-order valence-electron chi connectivity index (χ3n) is 0.900. The molecule has 0 fully saturated rings. The van der Waals surface area contributed by atoms with Crippen molar-refractivity contribution in [2.75, 3.05) is 5.32 Å². The van der Waals surface area contributed by atoms with E-state index < -0.39 is 0 Å². The van der Waals surface area contributed by atoms with Gasteiger partial charge in [-0.1, -0.05) is 18.3 Å².